The molecule has 1 aliphatic rings. The second kappa shape index (κ2) is 6.83. The van der Waals surface area contributed by atoms with Crippen molar-refractivity contribution in [3.8, 4) is 0 Å². The van der Waals surface area contributed by atoms with Gasteiger partial charge in [0.15, 0.2) is 0 Å². The quantitative estimate of drug-likeness (QED) is 0.866. The third kappa shape index (κ3) is 3.77. The van der Waals surface area contributed by atoms with Crippen molar-refractivity contribution in [1.82, 2.24) is 15.3 Å². The first kappa shape index (κ1) is 13.5. The summed E-state index contributed by atoms with van der Waals surface area (Å²) in [5.41, 5.74) is 1.13. The Kier molecular flexibility index (Phi) is 5.12. The average molecular weight is 247 g/mol. The van der Waals surface area contributed by atoms with Gasteiger partial charge in [0, 0.05) is 12.4 Å². The van der Waals surface area contributed by atoms with Crippen molar-refractivity contribution in [2.75, 3.05) is 6.54 Å². The Hall–Kier alpha value is -0.960. The van der Waals surface area contributed by atoms with Crippen molar-refractivity contribution < 1.29 is 0 Å². The molecular weight excluding hydrogens is 222 g/mol. The van der Waals surface area contributed by atoms with E-state index in [0.717, 1.165) is 23.9 Å². The van der Waals surface area contributed by atoms with E-state index in [9.17, 15) is 0 Å². The van der Waals surface area contributed by atoms with Gasteiger partial charge in [-0.1, -0.05) is 39.0 Å². The fourth-order valence-corrected chi connectivity index (χ4v) is 2.87. The van der Waals surface area contributed by atoms with Crippen LogP contribution in [0.3, 0.4) is 0 Å². The van der Waals surface area contributed by atoms with Gasteiger partial charge in [-0.3, -0.25) is 0 Å². The Labute approximate surface area is 110 Å². The van der Waals surface area contributed by atoms with Crippen LogP contribution < -0.4 is 5.32 Å². The molecule has 0 amide bonds. The van der Waals surface area contributed by atoms with Crippen LogP contribution in [0.15, 0.2) is 12.4 Å². The number of nitrogens with zero attached hydrogens (tertiary/aromatic N) is 2. The summed E-state index contributed by atoms with van der Waals surface area (Å²) >= 11 is 0. The minimum Gasteiger partial charge on any atom is -0.308 e. The monoisotopic (exact) mass is 247 g/mol. The Bertz CT molecular complexity index is 341. The first-order valence-corrected chi connectivity index (χ1v) is 7.31. The lowest BCUT2D eigenvalue weighted by Gasteiger charge is -2.26. The molecule has 3 nitrogen and oxygen atoms in total. The van der Waals surface area contributed by atoms with Crippen LogP contribution in [0.2, 0.25) is 0 Å². The maximum absolute atomic E-state index is 4.49. The molecule has 18 heavy (non-hydrogen) atoms. The first-order valence-electron chi connectivity index (χ1n) is 7.31. The number of hydrogen-bond acceptors (Lipinski definition) is 3. The third-order valence-corrected chi connectivity index (χ3v) is 3.86. The topological polar surface area (TPSA) is 37.8 Å². The van der Waals surface area contributed by atoms with Gasteiger partial charge in [-0.15, -0.1) is 0 Å². The maximum Gasteiger partial charge on any atom is 0.145 e. The second-order valence-electron chi connectivity index (χ2n) is 5.47. The summed E-state index contributed by atoms with van der Waals surface area (Å²) in [6.07, 6.45) is 12.0. The zero-order valence-electron chi connectivity index (χ0n) is 11.7. The van der Waals surface area contributed by atoms with E-state index >= 15 is 0 Å². The zero-order chi connectivity index (χ0) is 12.8. The summed E-state index contributed by atoms with van der Waals surface area (Å²) in [6.45, 7) is 5.17. The Morgan fingerprint density at radius 2 is 1.89 bits per heavy atom. The van der Waals surface area contributed by atoms with E-state index in [1.807, 2.05) is 19.3 Å². The SMILES string of the molecule is CCNC(CC1CCCCC1)c1ncc(C)cn1. The molecule has 1 aromatic heterocycles. The van der Waals surface area contributed by atoms with E-state index < -0.39 is 0 Å². The number of nitrogens with one attached hydrogen (secondary N) is 1. The van der Waals surface area contributed by atoms with Crippen LogP contribution in [0.5, 0.6) is 0 Å². The highest BCUT2D eigenvalue weighted by molar-refractivity contribution is 5.04. The van der Waals surface area contributed by atoms with Crippen LogP contribution in [0.1, 0.15) is 62.9 Å². The van der Waals surface area contributed by atoms with Crippen molar-refractivity contribution in [3.63, 3.8) is 0 Å². The Balaban J connectivity index is 2.00. The molecule has 0 aliphatic heterocycles. The van der Waals surface area contributed by atoms with Crippen molar-refractivity contribution in [2.45, 2.75) is 58.4 Å². The van der Waals surface area contributed by atoms with Gasteiger partial charge in [-0.2, -0.15) is 0 Å². The van der Waals surface area contributed by atoms with E-state index in [1.54, 1.807) is 0 Å². The van der Waals surface area contributed by atoms with E-state index in [0.29, 0.717) is 6.04 Å². The molecule has 1 saturated carbocycles. The molecule has 3 heteroatoms. The predicted molar refractivity (Wildman–Crippen MR) is 74.4 cm³/mol. The molecule has 1 unspecified atom stereocenters. The van der Waals surface area contributed by atoms with Gasteiger partial charge in [0.05, 0.1) is 6.04 Å². The lowest BCUT2D eigenvalue weighted by atomic mass is 9.84. The molecule has 1 aromatic rings. The summed E-state index contributed by atoms with van der Waals surface area (Å²) in [5.74, 6) is 1.82. The first-order chi connectivity index (χ1) is 8.79. The third-order valence-electron chi connectivity index (χ3n) is 3.86. The molecule has 0 spiro atoms. The molecule has 2 rings (SSSR count). The average Bonchev–Trinajstić information content (AvgIpc) is 2.40. The highest BCUT2D eigenvalue weighted by Crippen LogP contribution is 2.30. The molecule has 1 aliphatic carbocycles. The lowest BCUT2D eigenvalue weighted by molar-refractivity contribution is 0.296. The summed E-state index contributed by atoms with van der Waals surface area (Å²) in [6, 6.07) is 0.332. The van der Waals surface area contributed by atoms with Crippen LogP contribution in [0.25, 0.3) is 0 Å². The van der Waals surface area contributed by atoms with Crippen LogP contribution in [-0.4, -0.2) is 16.5 Å². The van der Waals surface area contributed by atoms with Crippen molar-refractivity contribution in [1.29, 1.82) is 0 Å². The Morgan fingerprint density at radius 3 is 2.50 bits per heavy atom. The van der Waals surface area contributed by atoms with Crippen molar-refractivity contribution in [3.05, 3.63) is 23.8 Å². The summed E-state index contributed by atoms with van der Waals surface area (Å²) in [7, 11) is 0. The highest BCUT2D eigenvalue weighted by atomic mass is 15.0. The van der Waals surface area contributed by atoms with Crippen molar-refractivity contribution >= 4 is 0 Å². The largest absolute Gasteiger partial charge is 0.308 e. The zero-order valence-corrected chi connectivity index (χ0v) is 11.7. The normalized spacial score (nSPS) is 18.8. The summed E-state index contributed by atoms with van der Waals surface area (Å²) in [5, 5.41) is 3.54. The summed E-state index contributed by atoms with van der Waals surface area (Å²) < 4.78 is 0. The highest BCUT2D eigenvalue weighted by Gasteiger charge is 2.21. The molecule has 0 bridgehead atoms. The van der Waals surface area contributed by atoms with Crippen LogP contribution in [0.4, 0.5) is 0 Å². The van der Waals surface area contributed by atoms with Gasteiger partial charge >= 0.3 is 0 Å². The molecular formula is C15H25N3. The van der Waals surface area contributed by atoms with E-state index in [4.69, 9.17) is 0 Å². The molecule has 0 saturated heterocycles. The fourth-order valence-electron chi connectivity index (χ4n) is 2.87. The van der Waals surface area contributed by atoms with Gasteiger partial charge in [-0.25, -0.2) is 9.97 Å². The lowest BCUT2D eigenvalue weighted by Crippen LogP contribution is -2.26. The van der Waals surface area contributed by atoms with Crippen LogP contribution in [-0.2, 0) is 0 Å². The van der Waals surface area contributed by atoms with Gasteiger partial charge in [-0.05, 0) is 31.4 Å². The van der Waals surface area contributed by atoms with E-state index in [1.165, 1.54) is 38.5 Å². The molecule has 100 valence electrons. The smallest absolute Gasteiger partial charge is 0.145 e. The van der Waals surface area contributed by atoms with Crippen molar-refractivity contribution in [2.24, 2.45) is 5.92 Å². The fraction of sp³-hybridized carbons (Fsp3) is 0.733. The maximum atomic E-state index is 4.49. The number of hydrogen-bond donors (Lipinski definition) is 1. The van der Waals surface area contributed by atoms with Gasteiger partial charge < -0.3 is 5.32 Å². The number of rotatable bonds is 5. The van der Waals surface area contributed by atoms with Crippen LogP contribution in [0, 0.1) is 12.8 Å². The molecule has 1 heterocycles. The predicted octanol–water partition coefficient (Wildman–Crippen LogP) is 3.41. The minimum absolute atomic E-state index is 0.332. The Morgan fingerprint density at radius 1 is 1.22 bits per heavy atom. The molecule has 0 radical (unpaired) electrons. The minimum atomic E-state index is 0.332. The molecule has 0 aromatic carbocycles. The van der Waals surface area contributed by atoms with E-state index in [-0.39, 0.29) is 0 Å². The van der Waals surface area contributed by atoms with Gasteiger partial charge in [0.2, 0.25) is 0 Å². The molecule has 1 N–H and O–H groups in total. The second-order valence-corrected chi connectivity index (χ2v) is 5.47. The standard InChI is InChI=1S/C15H25N3/c1-3-16-14(9-13-7-5-4-6-8-13)15-17-10-12(2)11-18-15/h10-11,13-14,16H,3-9H2,1-2H3. The number of aryl methyl sites for hydroxylation is 1. The summed E-state index contributed by atoms with van der Waals surface area (Å²) in [4.78, 5) is 8.98. The molecule has 1 atom stereocenters. The van der Waals surface area contributed by atoms with Gasteiger partial charge in [0.1, 0.15) is 5.82 Å². The number of aromatic nitrogens is 2. The van der Waals surface area contributed by atoms with E-state index in [2.05, 4.69) is 22.2 Å². The van der Waals surface area contributed by atoms with Gasteiger partial charge in [0.25, 0.3) is 0 Å². The van der Waals surface area contributed by atoms with Crippen LogP contribution >= 0.6 is 0 Å². The molecule has 1 fully saturated rings.